The van der Waals surface area contributed by atoms with Crippen LogP contribution in [0, 0.1) is 0 Å². The number of rotatable bonds is 5. The largest absolute Gasteiger partial charge is 0.468 e. The number of hydrogen-bond acceptors (Lipinski definition) is 3. The summed E-state index contributed by atoms with van der Waals surface area (Å²) in [7, 11) is 0. The van der Waals surface area contributed by atoms with Crippen LogP contribution in [-0.2, 0) is 13.1 Å². The van der Waals surface area contributed by atoms with Crippen LogP contribution >= 0.6 is 0 Å². The molecule has 0 aliphatic heterocycles. The maximum atomic E-state index is 5.55. The van der Waals surface area contributed by atoms with E-state index in [4.69, 9.17) is 10.2 Å². The van der Waals surface area contributed by atoms with Gasteiger partial charge >= 0.3 is 0 Å². The number of nitrogens with zero attached hydrogens (tertiary/aromatic N) is 1. The van der Waals surface area contributed by atoms with Gasteiger partial charge < -0.3 is 10.2 Å². The van der Waals surface area contributed by atoms with E-state index in [1.54, 1.807) is 6.26 Å². The second-order valence-corrected chi connectivity index (χ2v) is 4.97. The quantitative estimate of drug-likeness (QED) is 0.778. The third kappa shape index (κ3) is 3.51. The van der Waals surface area contributed by atoms with Gasteiger partial charge in [0.2, 0.25) is 0 Å². The second-order valence-electron chi connectivity index (χ2n) is 4.97. The summed E-state index contributed by atoms with van der Waals surface area (Å²) < 4.78 is 5.47. The van der Waals surface area contributed by atoms with Crippen LogP contribution < -0.4 is 5.73 Å². The molecule has 0 fully saturated rings. The molecule has 0 aromatic carbocycles. The summed E-state index contributed by atoms with van der Waals surface area (Å²) in [5, 5.41) is 0. The number of hydrogen-bond donors (Lipinski definition) is 1. The monoisotopic (exact) mass is 222 g/mol. The lowest BCUT2D eigenvalue weighted by Gasteiger charge is -2.34. The van der Waals surface area contributed by atoms with Crippen LogP contribution in [-0.4, -0.2) is 17.0 Å². The minimum Gasteiger partial charge on any atom is -0.468 e. The Morgan fingerprint density at radius 2 is 2.19 bits per heavy atom. The molecule has 0 saturated carbocycles. The van der Waals surface area contributed by atoms with Gasteiger partial charge in [-0.1, -0.05) is 6.08 Å². The van der Waals surface area contributed by atoms with Gasteiger partial charge in [-0.25, -0.2) is 0 Å². The first kappa shape index (κ1) is 13.0. The molecule has 90 valence electrons. The first-order valence-electron chi connectivity index (χ1n) is 5.59. The molecule has 3 heteroatoms. The van der Waals surface area contributed by atoms with Crippen LogP contribution in [0.2, 0.25) is 0 Å². The van der Waals surface area contributed by atoms with E-state index < -0.39 is 0 Å². The molecule has 3 nitrogen and oxygen atoms in total. The highest BCUT2D eigenvalue weighted by atomic mass is 16.3. The molecule has 0 radical (unpaired) electrons. The van der Waals surface area contributed by atoms with Crippen molar-refractivity contribution in [3.63, 3.8) is 0 Å². The first-order chi connectivity index (χ1) is 7.47. The molecule has 0 saturated heterocycles. The smallest absolute Gasteiger partial charge is 0.118 e. The van der Waals surface area contributed by atoms with E-state index in [2.05, 4.69) is 32.3 Å². The Morgan fingerprint density at radius 3 is 2.62 bits per heavy atom. The van der Waals surface area contributed by atoms with Gasteiger partial charge in [0, 0.05) is 24.2 Å². The average Bonchev–Trinajstić information content (AvgIpc) is 2.63. The molecule has 0 spiro atoms. The van der Waals surface area contributed by atoms with Crippen LogP contribution in [0.25, 0.3) is 0 Å². The Hall–Kier alpha value is -1.06. The minimum atomic E-state index is 0.101. The van der Waals surface area contributed by atoms with E-state index >= 15 is 0 Å². The van der Waals surface area contributed by atoms with Crippen molar-refractivity contribution in [1.82, 2.24) is 4.90 Å². The van der Waals surface area contributed by atoms with E-state index in [9.17, 15) is 0 Å². The maximum absolute atomic E-state index is 5.55. The molecule has 0 aliphatic rings. The predicted molar refractivity (Wildman–Crippen MR) is 67.0 cm³/mol. The summed E-state index contributed by atoms with van der Waals surface area (Å²) in [5.41, 5.74) is 6.69. The predicted octanol–water partition coefficient (Wildman–Crippen LogP) is 2.52. The maximum Gasteiger partial charge on any atom is 0.118 e. The van der Waals surface area contributed by atoms with Crippen molar-refractivity contribution in [1.29, 1.82) is 0 Å². The fourth-order valence-electron chi connectivity index (χ4n) is 1.54. The summed E-state index contributed by atoms with van der Waals surface area (Å²) in [6.45, 7) is 12.5. The SMILES string of the molecule is C=CCN(Cc1cc(CN)co1)C(C)(C)C. The van der Waals surface area contributed by atoms with Crippen LogP contribution in [0.5, 0.6) is 0 Å². The van der Waals surface area contributed by atoms with Crippen molar-refractivity contribution in [2.24, 2.45) is 5.73 Å². The molecule has 0 bridgehead atoms. The molecule has 0 aliphatic carbocycles. The molecule has 1 rings (SSSR count). The highest BCUT2D eigenvalue weighted by Gasteiger charge is 2.21. The molecule has 1 heterocycles. The molecule has 1 aromatic heterocycles. The van der Waals surface area contributed by atoms with E-state index in [0.29, 0.717) is 6.54 Å². The van der Waals surface area contributed by atoms with Crippen LogP contribution in [0.15, 0.2) is 29.4 Å². The second kappa shape index (κ2) is 5.32. The van der Waals surface area contributed by atoms with Crippen molar-refractivity contribution in [2.45, 2.75) is 39.4 Å². The van der Waals surface area contributed by atoms with E-state index in [0.717, 1.165) is 24.4 Å². The van der Waals surface area contributed by atoms with Crippen LogP contribution in [0.1, 0.15) is 32.1 Å². The van der Waals surface area contributed by atoms with Gasteiger partial charge in [-0.15, -0.1) is 6.58 Å². The lowest BCUT2D eigenvalue weighted by Crippen LogP contribution is -2.40. The first-order valence-corrected chi connectivity index (χ1v) is 5.59. The molecular formula is C13H22N2O. The van der Waals surface area contributed by atoms with Crippen molar-refractivity contribution in [3.05, 3.63) is 36.3 Å². The van der Waals surface area contributed by atoms with Gasteiger partial charge in [0.25, 0.3) is 0 Å². The normalized spacial score (nSPS) is 12.1. The topological polar surface area (TPSA) is 42.4 Å². The zero-order valence-corrected chi connectivity index (χ0v) is 10.5. The molecule has 0 atom stereocenters. The Balaban J connectivity index is 2.71. The third-order valence-corrected chi connectivity index (χ3v) is 2.59. The van der Waals surface area contributed by atoms with Gasteiger partial charge in [-0.3, -0.25) is 4.90 Å². The van der Waals surface area contributed by atoms with Crippen molar-refractivity contribution >= 4 is 0 Å². The molecule has 2 N–H and O–H groups in total. The van der Waals surface area contributed by atoms with Crippen LogP contribution in [0.3, 0.4) is 0 Å². The molecule has 1 aromatic rings. The van der Waals surface area contributed by atoms with Crippen molar-refractivity contribution < 1.29 is 4.42 Å². The van der Waals surface area contributed by atoms with E-state index in [1.807, 2.05) is 12.1 Å². The van der Waals surface area contributed by atoms with Crippen molar-refractivity contribution in [3.8, 4) is 0 Å². The van der Waals surface area contributed by atoms with E-state index in [1.165, 1.54) is 0 Å². The van der Waals surface area contributed by atoms with Gasteiger partial charge in [-0.05, 0) is 26.8 Å². The lowest BCUT2D eigenvalue weighted by atomic mass is 10.1. The highest BCUT2D eigenvalue weighted by Crippen LogP contribution is 2.18. The summed E-state index contributed by atoms with van der Waals surface area (Å²) in [6, 6.07) is 2.02. The summed E-state index contributed by atoms with van der Waals surface area (Å²) in [6.07, 6.45) is 3.64. The molecule has 0 amide bonds. The zero-order valence-electron chi connectivity index (χ0n) is 10.5. The molecular weight excluding hydrogens is 200 g/mol. The number of nitrogens with two attached hydrogens (primary N) is 1. The zero-order chi connectivity index (χ0) is 12.2. The fourth-order valence-corrected chi connectivity index (χ4v) is 1.54. The summed E-state index contributed by atoms with van der Waals surface area (Å²) >= 11 is 0. The average molecular weight is 222 g/mol. The highest BCUT2D eigenvalue weighted by molar-refractivity contribution is 5.12. The Bertz CT molecular complexity index is 336. The molecule has 0 unspecified atom stereocenters. The van der Waals surface area contributed by atoms with E-state index in [-0.39, 0.29) is 5.54 Å². The van der Waals surface area contributed by atoms with Gasteiger partial charge in [0.05, 0.1) is 12.8 Å². The Morgan fingerprint density at radius 1 is 1.50 bits per heavy atom. The van der Waals surface area contributed by atoms with Gasteiger partial charge in [-0.2, -0.15) is 0 Å². The van der Waals surface area contributed by atoms with Gasteiger partial charge in [0.15, 0.2) is 0 Å². The number of furan rings is 1. The minimum absolute atomic E-state index is 0.101. The Kier molecular flexibility index (Phi) is 4.33. The summed E-state index contributed by atoms with van der Waals surface area (Å²) in [5.74, 6) is 0.956. The fraction of sp³-hybridized carbons (Fsp3) is 0.538. The van der Waals surface area contributed by atoms with Crippen LogP contribution in [0.4, 0.5) is 0 Å². The standard InChI is InChI=1S/C13H22N2O/c1-5-6-15(13(2,3)4)9-12-7-11(8-14)10-16-12/h5,7,10H,1,6,8-9,14H2,2-4H3. The van der Waals surface area contributed by atoms with Gasteiger partial charge in [0.1, 0.15) is 5.76 Å². The third-order valence-electron chi connectivity index (χ3n) is 2.59. The lowest BCUT2D eigenvalue weighted by molar-refractivity contribution is 0.134. The van der Waals surface area contributed by atoms with Crippen molar-refractivity contribution in [2.75, 3.05) is 6.54 Å². The molecule has 16 heavy (non-hydrogen) atoms. The Labute approximate surface area is 97.9 Å². The summed E-state index contributed by atoms with van der Waals surface area (Å²) in [4.78, 5) is 2.30.